The van der Waals surface area contributed by atoms with Crippen LogP contribution in [-0.2, 0) is 9.53 Å². The Morgan fingerprint density at radius 2 is 2.33 bits per heavy atom. The van der Waals surface area contributed by atoms with Gasteiger partial charge in [-0.15, -0.1) is 0 Å². The summed E-state index contributed by atoms with van der Waals surface area (Å²) in [6.45, 7) is 2.57. The summed E-state index contributed by atoms with van der Waals surface area (Å²) in [7, 11) is 0. The Balaban J connectivity index is 2.46. The normalized spacial score (nSPS) is 27.9. The SMILES string of the molecule is CCCC(OC1CCCC1CN)C(=O)O. The molecule has 3 unspecified atom stereocenters. The summed E-state index contributed by atoms with van der Waals surface area (Å²) in [5.41, 5.74) is 5.62. The molecule has 1 saturated carbocycles. The molecule has 4 nitrogen and oxygen atoms in total. The first-order valence-electron chi connectivity index (χ1n) is 5.77. The fourth-order valence-electron chi connectivity index (χ4n) is 2.17. The maximum atomic E-state index is 10.9. The highest BCUT2D eigenvalue weighted by Crippen LogP contribution is 2.28. The second-order valence-corrected chi connectivity index (χ2v) is 4.22. The second-order valence-electron chi connectivity index (χ2n) is 4.22. The maximum Gasteiger partial charge on any atom is 0.332 e. The smallest absolute Gasteiger partial charge is 0.332 e. The molecule has 1 rings (SSSR count). The van der Waals surface area contributed by atoms with E-state index in [1.165, 1.54) is 0 Å². The van der Waals surface area contributed by atoms with E-state index in [0.29, 0.717) is 18.9 Å². The van der Waals surface area contributed by atoms with Gasteiger partial charge in [0.25, 0.3) is 0 Å². The quantitative estimate of drug-likeness (QED) is 0.702. The molecular weight excluding hydrogens is 194 g/mol. The number of hydrogen-bond donors (Lipinski definition) is 2. The number of rotatable bonds is 6. The molecule has 0 heterocycles. The van der Waals surface area contributed by atoms with Crippen LogP contribution in [0.2, 0.25) is 0 Å². The number of nitrogens with two attached hydrogens (primary N) is 1. The van der Waals surface area contributed by atoms with Gasteiger partial charge in [0.15, 0.2) is 6.10 Å². The minimum atomic E-state index is -0.848. The van der Waals surface area contributed by atoms with Gasteiger partial charge in [0.2, 0.25) is 0 Å². The molecule has 0 bridgehead atoms. The Morgan fingerprint density at radius 3 is 2.87 bits per heavy atom. The molecule has 1 aliphatic carbocycles. The molecule has 0 aromatic carbocycles. The average Bonchev–Trinajstić information content (AvgIpc) is 2.64. The summed E-state index contributed by atoms with van der Waals surface area (Å²) in [6, 6.07) is 0. The standard InChI is InChI=1S/C11H21NO3/c1-2-4-10(11(13)14)15-9-6-3-5-8(9)7-12/h8-10H,2-7,12H2,1H3,(H,13,14). The van der Waals surface area contributed by atoms with E-state index in [0.717, 1.165) is 25.7 Å². The van der Waals surface area contributed by atoms with Gasteiger partial charge in [-0.2, -0.15) is 0 Å². The van der Waals surface area contributed by atoms with Crippen molar-refractivity contribution in [2.75, 3.05) is 6.54 Å². The van der Waals surface area contributed by atoms with Gasteiger partial charge in [-0.05, 0) is 31.7 Å². The molecule has 4 heteroatoms. The van der Waals surface area contributed by atoms with Crippen LogP contribution < -0.4 is 5.73 Å². The summed E-state index contributed by atoms with van der Waals surface area (Å²) in [5, 5.41) is 8.97. The van der Waals surface area contributed by atoms with Gasteiger partial charge in [-0.1, -0.05) is 19.8 Å². The van der Waals surface area contributed by atoms with Crippen molar-refractivity contribution >= 4 is 5.97 Å². The first kappa shape index (κ1) is 12.5. The van der Waals surface area contributed by atoms with Crippen molar-refractivity contribution in [2.45, 2.75) is 51.2 Å². The monoisotopic (exact) mass is 215 g/mol. The topological polar surface area (TPSA) is 72.5 Å². The Bertz CT molecular complexity index is 208. The molecule has 0 aliphatic heterocycles. The molecule has 0 saturated heterocycles. The molecule has 3 N–H and O–H groups in total. The molecule has 15 heavy (non-hydrogen) atoms. The van der Waals surface area contributed by atoms with Crippen LogP contribution in [0.1, 0.15) is 39.0 Å². The maximum absolute atomic E-state index is 10.9. The van der Waals surface area contributed by atoms with Crippen LogP contribution >= 0.6 is 0 Å². The van der Waals surface area contributed by atoms with Crippen molar-refractivity contribution in [1.29, 1.82) is 0 Å². The van der Waals surface area contributed by atoms with Gasteiger partial charge in [0.05, 0.1) is 6.10 Å². The average molecular weight is 215 g/mol. The number of hydrogen-bond acceptors (Lipinski definition) is 3. The molecule has 0 amide bonds. The lowest BCUT2D eigenvalue weighted by Crippen LogP contribution is -2.33. The lowest BCUT2D eigenvalue weighted by molar-refractivity contribution is -0.156. The van der Waals surface area contributed by atoms with Gasteiger partial charge in [0.1, 0.15) is 0 Å². The zero-order valence-corrected chi connectivity index (χ0v) is 9.32. The van der Waals surface area contributed by atoms with Gasteiger partial charge in [-0.3, -0.25) is 0 Å². The minimum Gasteiger partial charge on any atom is -0.479 e. The van der Waals surface area contributed by atoms with Crippen LogP contribution in [0.4, 0.5) is 0 Å². The number of aliphatic carboxylic acids is 1. The first-order chi connectivity index (χ1) is 7.19. The van der Waals surface area contributed by atoms with Crippen molar-refractivity contribution in [3.05, 3.63) is 0 Å². The van der Waals surface area contributed by atoms with Crippen molar-refractivity contribution < 1.29 is 14.6 Å². The van der Waals surface area contributed by atoms with Crippen molar-refractivity contribution in [3.63, 3.8) is 0 Å². The largest absolute Gasteiger partial charge is 0.479 e. The Hall–Kier alpha value is -0.610. The van der Waals surface area contributed by atoms with Crippen LogP contribution in [0.25, 0.3) is 0 Å². The van der Waals surface area contributed by atoms with E-state index in [2.05, 4.69) is 0 Å². The fourth-order valence-corrected chi connectivity index (χ4v) is 2.17. The number of carboxylic acids is 1. The van der Waals surface area contributed by atoms with Gasteiger partial charge in [0, 0.05) is 0 Å². The number of carbonyl (C=O) groups is 1. The Kier molecular flexibility index (Phi) is 5.05. The summed E-state index contributed by atoms with van der Waals surface area (Å²) in [5.74, 6) is -0.497. The molecule has 0 spiro atoms. The van der Waals surface area contributed by atoms with E-state index in [-0.39, 0.29) is 6.10 Å². The predicted molar refractivity (Wildman–Crippen MR) is 57.6 cm³/mol. The molecular formula is C11H21NO3. The minimum absolute atomic E-state index is 0.0580. The fraction of sp³-hybridized carbons (Fsp3) is 0.909. The van der Waals surface area contributed by atoms with Gasteiger partial charge < -0.3 is 15.6 Å². The van der Waals surface area contributed by atoms with Gasteiger partial charge >= 0.3 is 5.97 Å². The van der Waals surface area contributed by atoms with Crippen LogP contribution in [0.5, 0.6) is 0 Å². The lowest BCUT2D eigenvalue weighted by Gasteiger charge is -2.22. The van der Waals surface area contributed by atoms with E-state index >= 15 is 0 Å². The Morgan fingerprint density at radius 1 is 1.60 bits per heavy atom. The summed E-state index contributed by atoms with van der Waals surface area (Å²) >= 11 is 0. The van der Waals surface area contributed by atoms with E-state index in [4.69, 9.17) is 15.6 Å². The van der Waals surface area contributed by atoms with E-state index in [1.807, 2.05) is 6.92 Å². The zero-order valence-electron chi connectivity index (χ0n) is 9.32. The molecule has 1 fully saturated rings. The predicted octanol–water partition coefficient (Wildman–Crippen LogP) is 1.38. The highest BCUT2D eigenvalue weighted by atomic mass is 16.5. The molecule has 0 radical (unpaired) electrons. The molecule has 88 valence electrons. The molecule has 0 aromatic rings. The summed E-state index contributed by atoms with van der Waals surface area (Å²) in [4.78, 5) is 10.9. The van der Waals surface area contributed by atoms with Crippen molar-refractivity contribution in [1.82, 2.24) is 0 Å². The van der Waals surface area contributed by atoms with E-state index in [1.54, 1.807) is 0 Å². The third kappa shape index (κ3) is 3.47. The zero-order chi connectivity index (χ0) is 11.3. The highest BCUT2D eigenvalue weighted by Gasteiger charge is 2.31. The summed E-state index contributed by atoms with van der Waals surface area (Å²) in [6.07, 6.45) is 3.95. The first-order valence-corrected chi connectivity index (χ1v) is 5.77. The van der Waals surface area contributed by atoms with Crippen LogP contribution in [-0.4, -0.2) is 29.8 Å². The molecule has 0 aromatic heterocycles. The Labute approximate surface area is 90.8 Å². The molecule has 3 atom stereocenters. The highest BCUT2D eigenvalue weighted by molar-refractivity contribution is 5.72. The van der Waals surface area contributed by atoms with E-state index < -0.39 is 12.1 Å². The van der Waals surface area contributed by atoms with Crippen molar-refractivity contribution in [2.24, 2.45) is 11.7 Å². The second kappa shape index (κ2) is 6.08. The lowest BCUT2D eigenvalue weighted by atomic mass is 10.1. The van der Waals surface area contributed by atoms with Gasteiger partial charge in [-0.25, -0.2) is 4.79 Å². The third-order valence-electron chi connectivity index (χ3n) is 3.06. The van der Waals surface area contributed by atoms with Crippen LogP contribution in [0.3, 0.4) is 0 Å². The van der Waals surface area contributed by atoms with E-state index in [9.17, 15) is 4.79 Å². The van der Waals surface area contributed by atoms with Crippen LogP contribution in [0.15, 0.2) is 0 Å². The van der Waals surface area contributed by atoms with Crippen LogP contribution in [0, 0.1) is 5.92 Å². The third-order valence-corrected chi connectivity index (χ3v) is 3.06. The van der Waals surface area contributed by atoms with Crippen molar-refractivity contribution in [3.8, 4) is 0 Å². The summed E-state index contributed by atoms with van der Waals surface area (Å²) < 4.78 is 5.64. The number of carboxylic acid groups (broad SMARTS) is 1. The number of ether oxygens (including phenoxy) is 1. The molecule has 1 aliphatic rings.